The normalized spacial score (nSPS) is 13.3. The zero-order chi connectivity index (χ0) is 18.3. The van der Waals surface area contributed by atoms with Gasteiger partial charge in [0.1, 0.15) is 0 Å². The van der Waals surface area contributed by atoms with Crippen LogP contribution in [0, 0.1) is 0 Å². The summed E-state index contributed by atoms with van der Waals surface area (Å²) in [6.45, 7) is 0.474. The fraction of sp³-hybridized carbons (Fsp3) is 0.105. The average Bonchev–Trinajstić information content (AvgIpc) is 2.97. The molecule has 4 rings (SSSR count). The van der Waals surface area contributed by atoms with Gasteiger partial charge in [-0.1, -0.05) is 35.3 Å². The van der Waals surface area contributed by atoms with Gasteiger partial charge >= 0.3 is 0 Å². The number of fused-ring (bicyclic) bond motifs is 2. The smallest absolute Gasteiger partial charge is 0.259 e. The second kappa shape index (κ2) is 6.59. The molecule has 0 saturated heterocycles. The molecular weight excluding hydrogens is 373 g/mol. The largest absolute Gasteiger partial charge is 0.324 e. The van der Waals surface area contributed by atoms with Gasteiger partial charge in [-0.05, 0) is 42.0 Å². The Morgan fingerprint density at radius 2 is 2.00 bits per heavy atom. The minimum Gasteiger partial charge on any atom is -0.324 e. The molecule has 1 aromatic heterocycles. The number of carbonyl (C=O) groups is 2. The van der Waals surface area contributed by atoms with Crippen molar-refractivity contribution < 1.29 is 9.59 Å². The minimum absolute atomic E-state index is 0.118. The van der Waals surface area contributed by atoms with Crippen molar-refractivity contribution in [3.05, 3.63) is 65.9 Å². The Labute approximate surface area is 159 Å². The van der Waals surface area contributed by atoms with Crippen molar-refractivity contribution in [3.63, 3.8) is 0 Å². The van der Waals surface area contributed by atoms with E-state index in [1.807, 2.05) is 36.4 Å². The number of nitrogens with zero attached hydrogens (tertiary/aromatic N) is 2. The molecule has 0 saturated carbocycles. The Morgan fingerprint density at radius 3 is 2.81 bits per heavy atom. The number of amides is 2. The highest BCUT2D eigenvalue weighted by molar-refractivity contribution is 6.54. The third-order valence-corrected chi connectivity index (χ3v) is 4.67. The lowest BCUT2D eigenvalue weighted by atomic mass is 10.1. The third-order valence-electron chi connectivity index (χ3n) is 4.28. The van der Waals surface area contributed by atoms with E-state index in [-0.39, 0.29) is 5.91 Å². The number of carbonyl (C=O) groups excluding carboxylic acids is 2. The van der Waals surface area contributed by atoms with Gasteiger partial charge in [0.05, 0.1) is 12.1 Å². The Bertz CT molecular complexity index is 1040. The van der Waals surface area contributed by atoms with E-state index in [2.05, 4.69) is 10.3 Å². The van der Waals surface area contributed by atoms with Crippen LogP contribution in [0.15, 0.2) is 54.7 Å². The SMILES string of the molecule is O=C(Nc1ccc2c(c1)C(=O)N(c1ccc3ncccc3c1)C2)C(Cl)Cl. The predicted molar refractivity (Wildman–Crippen MR) is 103 cm³/mol. The van der Waals surface area contributed by atoms with E-state index in [9.17, 15) is 9.59 Å². The number of hydrogen-bond donors (Lipinski definition) is 1. The van der Waals surface area contributed by atoms with E-state index >= 15 is 0 Å². The third kappa shape index (κ3) is 3.00. The highest BCUT2D eigenvalue weighted by Gasteiger charge is 2.29. The molecule has 1 aliphatic rings. The van der Waals surface area contributed by atoms with Crippen LogP contribution >= 0.6 is 23.2 Å². The first-order valence-electron chi connectivity index (χ1n) is 7.91. The number of nitrogens with one attached hydrogen (secondary N) is 1. The molecule has 0 unspecified atom stereocenters. The van der Waals surface area contributed by atoms with Crippen molar-refractivity contribution in [1.82, 2.24) is 4.98 Å². The van der Waals surface area contributed by atoms with Gasteiger partial charge in [0.25, 0.3) is 11.8 Å². The van der Waals surface area contributed by atoms with Crippen molar-refractivity contribution in [3.8, 4) is 0 Å². The quantitative estimate of drug-likeness (QED) is 0.689. The number of rotatable bonds is 3. The predicted octanol–water partition coefficient (Wildman–Crippen LogP) is 4.14. The molecule has 2 aromatic carbocycles. The fourth-order valence-corrected chi connectivity index (χ4v) is 3.12. The first-order chi connectivity index (χ1) is 12.5. The van der Waals surface area contributed by atoms with Gasteiger partial charge in [-0.25, -0.2) is 0 Å². The van der Waals surface area contributed by atoms with Gasteiger partial charge in [0, 0.05) is 28.5 Å². The van der Waals surface area contributed by atoms with Crippen molar-refractivity contribution in [2.75, 3.05) is 10.2 Å². The summed E-state index contributed by atoms with van der Waals surface area (Å²) in [5.74, 6) is -0.648. The molecule has 26 heavy (non-hydrogen) atoms. The summed E-state index contributed by atoms with van der Waals surface area (Å²) in [4.78, 5) is 29.3. The highest BCUT2D eigenvalue weighted by atomic mass is 35.5. The van der Waals surface area contributed by atoms with Crippen LogP contribution in [0.2, 0.25) is 0 Å². The summed E-state index contributed by atoms with van der Waals surface area (Å²) in [7, 11) is 0. The summed E-state index contributed by atoms with van der Waals surface area (Å²) >= 11 is 11.1. The first-order valence-corrected chi connectivity index (χ1v) is 8.79. The Balaban J connectivity index is 1.64. The van der Waals surface area contributed by atoms with Gasteiger partial charge in [-0.2, -0.15) is 0 Å². The number of halogens is 2. The van der Waals surface area contributed by atoms with Crippen LogP contribution < -0.4 is 10.2 Å². The molecule has 0 radical (unpaired) electrons. The van der Waals surface area contributed by atoms with E-state index < -0.39 is 10.7 Å². The maximum absolute atomic E-state index is 12.9. The summed E-state index contributed by atoms with van der Waals surface area (Å²) in [5, 5.41) is 3.56. The summed E-state index contributed by atoms with van der Waals surface area (Å²) in [6, 6.07) is 14.7. The van der Waals surface area contributed by atoms with Gasteiger partial charge < -0.3 is 10.2 Å². The van der Waals surface area contributed by atoms with E-state index in [1.165, 1.54) is 0 Å². The molecule has 0 atom stereocenters. The van der Waals surface area contributed by atoms with E-state index in [0.717, 1.165) is 22.2 Å². The van der Waals surface area contributed by atoms with Gasteiger partial charge in [0.15, 0.2) is 4.84 Å². The monoisotopic (exact) mass is 385 g/mol. The molecule has 5 nitrogen and oxygen atoms in total. The molecule has 7 heteroatoms. The van der Waals surface area contributed by atoms with Crippen molar-refractivity contribution in [1.29, 1.82) is 0 Å². The molecule has 0 spiro atoms. The zero-order valence-electron chi connectivity index (χ0n) is 13.4. The Morgan fingerprint density at radius 1 is 1.15 bits per heavy atom. The molecule has 0 bridgehead atoms. The Hall–Kier alpha value is -2.63. The minimum atomic E-state index is -1.17. The van der Waals surface area contributed by atoms with Crippen LogP contribution in [-0.4, -0.2) is 21.6 Å². The lowest BCUT2D eigenvalue weighted by Crippen LogP contribution is -2.23. The summed E-state index contributed by atoms with van der Waals surface area (Å²) in [6.07, 6.45) is 1.74. The van der Waals surface area contributed by atoms with E-state index in [1.54, 1.807) is 23.2 Å². The number of pyridine rings is 1. The van der Waals surface area contributed by atoms with Crippen LogP contribution in [0.1, 0.15) is 15.9 Å². The van der Waals surface area contributed by atoms with Crippen LogP contribution in [-0.2, 0) is 11.3 Å². The maximum Gasteiger partial charge on any atom is 0.259 e. The standard InChI is InChI=1S/C19H13Cl2N3O2/c20-17(21)18(25)23-13-4-3-12-10-24(19(26)15(12)9-13)14-5-6-16-11(8-14)2-1-7-22-16/h1-9,17H,10H2,(H,23,25). The maximum atomic E-state index is 12.9. The average molecular weight is 386 g/mol. The lowest BCUT2D eigenvalue weighted by molar-refractivity contribution is -0.114. The van der Waals surface area contributed by atoms with Crippen LogP contribution in [0.5, 0.6) is 0 Å². The van der Waals surface area contributed by atoms with Crippen LogP contribution in [0.4, 0.5) is 11.4 Å². The molecule has 1 aliphatic heterocycles. The topological polar surface area (TPSA) is 62.3 Å². The first kappa shape index (κ1) is 16.8. The number of alkyl halides is 2. The molecule has 0 fully saturated rings. The number of aromatic nitrogens is 1. The molecule has 0 aliphatic carbocycles. The lowest BCUT2D eigenvalue weighted by Gasteiger charge is -2.16. The van der Waals surface area contributed by atoms with Gasteiger partial charge in [-0.3, -0.25) is 14.6 Å². The van der Waals surface area contributed by atoms with Crippen LogP contribution in [0.25, 0.3) is 10.9 Å². The molecule has 130 valence electrons. The second-order valence-electron chi connectivity index (χ2n) is 5.93. The highest BCUT2D eigenvalue weighted by Crippen LogP contribution is 2.31. The van der Waals surface area contributed by atoms with E-state index in [0.29, 0.717) is 17.8 Å². The van der Waals surface area contributed by atoms with E-state index in [4.69, 9.17) is 23.2 Å². The van der Waals surface area contributed by atoms with Gasteiger partial charge in [0.2, 0.25) is 0 Å². The fourth-order valence-electron chi connectivity index (χ4n) is 3.01. The molecule has 3 aromatic rings. The molecule has 2 amide bonds. The van der Waals surface area contributed by atoms with Crippen molar-refractivity contribution >= 4 is 57.3 Å². The number of hydrogen-bond acceptors (Lipinski definition) is 3. The molecular formula is C19H13Cl2N3O2. The number of benzene rings is 2. The summed E-state index contributed by atoms with van der Waals surface area (Å²) < 4.78 is 0. The molecule has 2 heterocycles. The Kier molecular flexibility index (Phi) is 4.26. The second-order valence-corrected chi connectivity index (χ2v) is 7.03. The zero-order valence-corrected chi connectivity index (χ0v) is 15.0. The van der Waals surface area contributed by atoms with Crippen LogP contribution in [0.3, 0.4) is 0 Å². The molecule has 1 N–H and O–H groups in total. The van der Waals surface area contributed by atoms with Gasteiger partial charge in [-0.15, -0.1) is 0 Å². The summed E-state index contributed by atoms with van der Waals surface area (Å²) in [5.41, 5.74) is 3.61. The van der Waals surface area contributed by atoms with Crippen molar-refractivity contribution in [2.45, 2.75) is 11.4 Å². The van der Waals surface area contributed by atoms with Crippen molar-refractivity contribution in [2.24, 2.45) is 0 Å². The number of anilines is 2.